The van der Waals surface area contributed by atoms with Crippen molar-refractivity contribution in [2.24, 2.45) is 0 Å². The molecule has 4 nitrogen and oxygen atoms in total. The van der Waals surface area contributed by atoms with E-state index in [1.54, 1.807) is 18.2 Å². The molecule has 0 aromatic rings. The van der Waals surface area contributed by atoms with E-state index < -0.39 is 5.97 Å². The van der Waals surface area contributed by atoms with Crippen LogP contribution in [0.4, 0.5) is 0 Å². The number of carbonyl (C=O) groups is 2. The fourth-order valence-corrected chi connectivity index (χ4v) is 1.98. The predicted octanol–water partition coefficient (Wildman–Crippen LogP) is 2.67. The normalized spacial score (nSPS) is 15.3. The van der Waals surface area contributed by atoms with Gasteiger partial charge in [0.2, 0.25) is 0 Å². The summed E-state index contributed by atoms with van der Waals surface area (Å²) in [5.74, 6) is -0.762. The van der Waals surface area contributed by atoms with Gasteiger partial charge in [-0.05, 0) is 39.0 Å². The van der Waals surface area contributed by atoms with E-state index in [1.807, 2.05) is 6.92 Å². The largest absolute Gasteiger partial charge is 0.452 e. The average Bonchev–Trinajstić information content (AvgIpc) is 2.46. The van der Waals surface area contributed by atoms with E-state index in [0.29, 0.717) is 6.54 Å². The Balaban J connectivity index is 2.11. The zero-order valence-electron chi connectivity index (χ0n) is 12.1. The SMILES string of the molecule is C/C=C/C=C/C(=O)OCC(=O)NCCC1=CCCCC1. The molecule has 0 unspecified atom stereocenters. The molecule has 0 aromatic heterocycles. The van der Waals surface area contributed by atoms with E-state index >= 15 is 0 Å². The van der Waals surface area contributed by atoms with Gasteiger partial charge < -0.3 is 10.1 Å². The highest BCUT2D eigenvalue weighted by Gasteiger charge is 2.06. The molecule has 1 rings (SSSR count). The predicted molar refractivity (Wildman–Crippen MR) is 79.1 cm³/mol. The van der Waals surface area contributed by atoms with Crippen molar-refractivity contribution in [3.63, 3.8) is 0 Å². The van der Waals surface area contributed by atoms with Crippen molar-refractivity contribution in [3.05, 3.63) is 36.0 Å². The maximum absolute atomic E-state index is 11.5. The third-order valence-corrected chi connectivity index (χ3v) is 3.03. The van der Waals surface area contributed by atoms with Gasteiger partial charge in [-0.1, -0.05) is 29.9 Å². The molecule has 1 amide bonds. The molecular weight excluding hydrogens is 254 g/mol. The molecule has 1 N–H and O–H groups in total. The average molecular weight is 277 g/mol. The molecule has 0 bridgehead atoms. The topological polar surface area (TPSA) is 55.4 Å². The van der Waals surface area contributed by atoms with Crippen LogP contribution >= 0.6 is 0 Å². The summed E-state index contributed by atoms with van der Waals surface area (Å²) in [5, 5.41) is 2.76. The smallest absolute Gasteiger partial charge is 0.331 e. The maximum atomic E-state index is 11.5. The number of esters is 1. The Kier molecular flexibility index (Phi) is 8.11. The molecule has 0 radical (unpaired) electrons. The first-order chi connectivity index (χ1) is 9.72. The van der Waals surface area contributed by atoms with Crippen molar-refractivity contribution in [2.45, 2.75) is 39.0 Å². The standard InChI is InChI=1S/C16H23NO3/c1-2-3-5-10-16(19)20-13-15(18)17-12-11-14-8-6-4-7-9-14/h2-3,5,8,10H,4,6-7,9,11-13H2,1H3,(H,17,18)/b3-2+,10-5+. The van der Waals surface area contributed by atoms with Crippen molar-refractivity contribution in [1.29, 1.82) is 0 Å². The van der Waals surface area contributed by atoms with E-state index in [0.717, 1.165) is 19.3 Å². The van der Waals surface area contributed by atoms with Crippen molar-refractivity contribution < 1.29 is 14.3 Å². The lowest BCUT2D eigenvalue weighted by atomic mass is 9.97. The third kappa shape index (κ3) is 7.56. The van der Waals surface area contributed by atoms with Crippen molar-refractivity contribution in [3.8, 4) is 0 Å². The van der Waals surface area contributed by atoms with Crippen LogP contribution in [0.25, 0.3) is 0 Å². The molecule has 110 valence electrons. The molecule has 0 saturated heterocycles. The summed E-state index contributed by atoms with van der Waals surface area (Å²) in [6.07, 6.45) is 14.4. The molecule has 0 fully saturated rings. The number of carbonyl (C=O) groups excluding carboxylic acids is 2. The molecule has 0 heterocycles. The van der Waals surface area contributed by atoms with E-state index in [-0.39, 0.29) is 12.5 Å². The Bertz CT molecular complexity index is 408. The van der Waals surface area contributed by atoms with Gasteiger partial charge in [-0.3, -0.25) is 4.79 Å². The Morgan fingerprint density at radius 2 is 2.20 bits per heavy atom. The number of hydrogen-bond donors (Lipinski definition) is 1. The maximum Gasteiger partial charge on any atom is 0.331 e. The van der Waals surface area contributed by atoms with Gasteiger partial charge in [0.15, 0.2) is 6.61 Å². The summed E-state index contributed by atoms with van der Waals surface area (Å²) in [5.41, 5.74) is 1.42. The van der Waals surface area contributed by atoms with Gasteiger partial charge >= 0.3 is 5.97 Å². The second kappa shape index (κ2) is 10.0. The van der Waals surface area contributed by atoms with Gasteiger partial charge in [0.05, 0.1) is 0 Å². The number of hydrogen-bond acceptors (Lipinski definition) is 3. The fraction of sp³-hybridized carbons (Fsp3) is 0.500. The summed E-state index contributed by atoms with van der Waals surface area (Å²) in [7, 11) is 0. The van der Waals surface area contributed by atoms with Gasteiger partial charge in [-0.15, -0.1) is 0 Å². The number of rotatable bonds is 7. The van der Waals surface area contributed by atoms with Crippen LogP contribution in [-0.4, -0.2) is 25.0 Å². The van der Waals surface area contributed by atoms with Crippen LogP contribution in [0.5, 0.6) is 0 Å². The van der Waals surface area contributed by atoms with Crippen LogP contribution in [0.3, 0.4) is 0 Å². The van der Waals surface area contributed by atoms with Crippen LogP contribution in [0.1, 0.15) is 39.0 Å². The van der Waals surface area contributed by atoms with Crippen molar-refractivity contribution in [2.75, 3.05) is 13.2 Å². The second-order valence-electron chi connectivity index (χ2n) is 4.70. The molecular formula is C16H23NO3. The van der Waals surface area contributed by atoms with Crippen LogP contribution in [0.2, 0.25) is 0 Å². The molecule has 0 atom stereocenters. The summed E-state index contributed by atoms with van der Waals surface area (Å²) in [4.78, 5) is 22.7. The molecule has 1 aliphatic rings. The molecule has 0 aliphatic heterocycles. The van der Waals surface area contributed by atoms with E-state index in [2.05, 4.69) is 11.4 Å². The van der Waals surface area contributed by atoms with Gasteiger partial charge in [0.25, 0.3) is 5.91 Å². The summed E-state index contributed by atoms with van der Waals surface area (Å²) >= 11 is 0. The molecule has 0 spiro atoms. The highest BCUT2D eigenvalue weighted by Crippen LogP contribution is 2.19. The minimum Gasteiger partial charge on any atom is -0.452 e. The highest BCUT2D eigenvalue weighted by molar-refractivity contribution is 5.85. The van der Waals surface area contributed by atoms with Gasteiger partial charge in [0, 0.05) is 12.6 Å². The highest BCUT2D eigenvalue weighted by atomic mass is 16.5. The monoisotopic (exact) mass is 277 g/mol. The number of allylic oxidation sites excluding steroid dienone is 4. The molecule has 4 heteroatoms. The van der Waals surface area contributed by atoms with Crippen LogP contribution in [0, 0.1) is 0 Å². The summed E-state index contributed by atoms with van der Waals surface area (Å²) in [6.45, 7) is 2.24. The Labute approximate surface area is 120 Å². The molecule has 20 heavy (non-hydrogen) atoms. The van der Waals surface area contributed by atoms with Gasteiger partial charge in [-0.2, -0.15) is 0 Å². The first-order valence-electron chi connectivity index (χ1n) is 7.13. The number of ether oxygens (including phenoxy) is 1. The van der Waals surface area contributed by atoms with Crippen LogP contribution < -0.4 is 5.32 Å². The van der Waals surface area contributed by atoms with Gasteiger partial charge in [-0.25, -0.2) is 4.79 Å². The summed E-state index contributed by atoms with van der Waals surface area (Å²) < 4.78 is 4.81. The molecule has 0 saturated carbocycles. The first-order valence-corrected chi connectivity index (χ1v) is 7.13. The minimum atomic E-state index is -0.506. The van der Waals surface area contributed by atoms with E-state index in [4.69, 9.17) is 4.74 Å². The lowest BCUT2D eigenvalue weighted by molar-refractivity contribution is -0.143. The minimum absolute atomic E-state index is 0.224. The van der Waals surface area contributed by atoms with Gasteiger partial charge in [0.1, 0.15) is 0 Å². The number of nitrogens with one attached hydrogen (secondary N) is 1. The van der Waals surface area contributed by atoms with Crippen LogP contribution in [-0.2, 0) is 14.3 Å². The number of amides is 1. The van der Waals surface area contributed by atoms with E-state index in [9.17, 15) is 9.59 Å². The molecule has 0 aromatic carbocycles. The van der Waals surface area contributed by atoms with Crippen molar-refractivity contribution in [1.82, 2.24) is 5.32 Å². The third-order valence-electron chi connectivity index (χ3n) is 3.03. The van der Waals surface area contributed by atoms with Crippen LogP contribution in [0.15, 0.2) is 36.0 Å². The van der Waals surface area contributed by atoms with Crippen molar-refractivity contribution >= 4 is 11.9 Å². The second-order valence-corrected chi connectivity index (χ2v) is 4.70. The first kappa shape index (κ1) is 16.2. The summed E-state index contributed by atoms with van der Waals surface area (Å²) in [6, 6.07) is 0. The Morgan fingerprint density at radius 3 is 2.90 bits per heavy atom. The van der Waals surface area contributed by atoms with E-state index in [1.165, 1.54) is 24.5 Å². The Hall–Kier alpha value is -1.84. The Morgan fingerprint density at radius 1 is 1.35 bits per heavy atom. The molecule has 1 aliphatic carbocycles. The quantitative estimate of drug-likeness (QED) is 0.337. The zero-order chi connectivity index (χ0) is 14.6. The zero-order valence-corrected chi connectivity index (χ0v) is 12.1. The lowest BCUT2D eigenvalue weighted by Crippen LogP contribution is -2.29. The fourth-order valence-electron chi connectivity index (χ4n) is 1.98. The lowest BCUT2D eigenvalue weighted by Gasteiger charge is -2.12.